The Bertz CT molecular complexity index is 1530. The third-order valence-corrected chi connectivity index (χ3v) is 9.07. The SMILES string of the molecule is CCOc1ccccc1C(=O)C1C2CCCN2C2(C(=O)Nc3c(C)cccc32)C12C(=O)Nc1ccccc12. The molecular formula is C31H29N3O4. The van der Waals surface area contributed by atoms with Crippen molar-refractivity contribution >= 4 is 29.0 Å². The number of anilines is 2. The first kappa shape index (κ1) is 23.2. The third kappa shape index (κ3) is 2.55. The highest BCUT2D eigenvalue weighted by molar-refractivity contribution is 6.21. The first-order valence-corrected chi connectivity index (χ1v) is 13.3. The molecule has 192 valence electrons. The van der Waals surface area contributed by atoms with Crippen molar-refractivity contribution in [2.75, 3.05) is 23.8 Å². The summed E-state index contributed by atoms with van der Waals surface area (Å²) in [5.41, 5.74) is 1.45. The quantitative estimate of drug-likeness (QED) is 0.511. The van der Waals surface area contributed by atoms with Crippen LogP contribution in [0, 0.1) is 12.8 Å². The number of ketones is 1. The lowest BCUT2D eigenvalue weighted by Gasteiger charge is -2.43. The van der Waals surface area contributed by atoms with E-state index in [0.29, 0.717) is 35.7 Å². The Morgan fingerprint density at radius 2 is 1.74 bits per heavy atom. The molecule has 2 spiro atoms. The zero-order valence-corrected chi connectivity index (χ0v) is 21.4. The third-order valence-electron chi connectivity index (χ3n) is 9.07. The fourth-order valence-electron chi connectivity index (χ4n) is 7.87. The van der Waals surface area contributed by atoms with Gasteiger partial charge >= 0.3 is 0 Å². The van der Waals surface area contributed by atoms with Crippen molar-refractivity contribution in [1.82, 2.24) is 4.90 Å². The monoisotopic (exact) mass is 507 g/mol. The van der Waals surface area contributed by atoms with Gasteiger partial charge in [0.25, 0.3) is 5.91 Å². The van der Waals surface area contributed by atoms with Crippen molar-refractivity contribution in [2.45, 2.75) is 43.7 Å². The Morgan fingerprint density at radius 1 is 0.974 bits per heavy atom. The van der Waals surface area contributed by atoms with Crippen LogP contribution >= 0.6 is 0 Å². The van der Waals surface area contributed by atoms with Crippen LogP contribution in [0.25, 0.3) is 0 Å². The number of fused-ring (bicyclic) bond motifs is 7. The first-order valence-electron chi connectivity index (χ1n) is 13.3. The molecule has 3 aromatic carbocycles. The molecule has 7 rings (SSSR count). The molecular weight excluding hydrogens is 478 g/mol. The lowest BCUT2D eigenvalue weighted by atomic mass is 9.57. The molecule has 0 aliphatic carbocycles. The van der Waals surface area contributed by atoms with Gasteiger partial charge in [0, 0.05) is 23.0 Å². The Morgan fingerprint density at radius 3 is 2.58 bits per heavy atom. The van der Waals surface area contributed by atoms with Crippen LogP contribution in [0.1, 0.15) is 46.8 Å². The minimum atomic E-state index is -1.45. The Kier molecular flexibility index (Phi) is 4.89. The molecule has 4 aliphatic heterocycles. The van der Waals surface area contributed by atoms with Crippen molar-refractivity contribution in [3.8, 4) is 5.75 Å². The van der Waals surface area contributed by atoms with Crippen molar-refractivity contribution in [3.63, 3.8) is 0 Å². The molecule has 2 amide bonds. The molecule has 0 radical (unpaired) electrons. The summed E-state index contributed by atoms with van der Waals surface area (Å²) >= 11 is 0. The van der Waals surface area contributed by atoms with Gasteiger partial charge in [-0.05, 0) is 62.6 Å². The van der Waals surface area contributed by atoms with Gasteiger partial charge in [0.15, 0.2) is 5.78 Å². The second kappa shape index (κ2) is 8.01. The number of carbonyl (C=O) groups is 3. The molecule has 3 aromatic rings. The predicted molar refractivity (Wildman–Crippen MR) is 143 cm³/mol. The van der Waals surface area contributed by atoms with Gasteiger partial charge in [0.1, 0.15) is 16.7 Å². The molecule has 0 aromatic heterocycles. The van der Waals surface area contributed by atoms with Crippen LogP contribution in [-0.2, 0) is 20.5 Å². The molecule has 2 fully saturated rings. The number of benzene rings is 3. The van der Waals surface area contributed by atoms with E-state index in [2.05, 4.69) is 15.5 Å². The van der Waals surface area contributed by atoms with Crippen molar-refractivity contribution in [3.05, 3.63) is 89.0 Å². The second-order valence-corrected chi connectivity index (χ2v) is 10.6. The summed E-state index contributed by atoms with van der Waals surface area (Å²) in [6.45, 7) is 4.89. The van der Waals surface area contributed by atoms with Gasteiger partial charge in [-0.25, -0.2) is 0 Å². The summed E-state index contributed by atoms with van der Waals surface area (Å²) in [4.78, 5) is 46.0. The van der Waals surface area contributed by atoms with Gasteiger partial charge in [0.2, 0.25) is 5.91 Å². The topological polar surface area (TPSA) is 87.7 Å². The predicted octanol–water partition coefficient (Wildman–Crippen LogP) is 4.41. The van der Waals surface area contributed by atoms with E-state index in [1.165, 1.54) is 0 Å². The largest absolute Gasteiger partial charge is 0.493 e. The molecule has 7 nitrogen and oxygen atoms in total. The van der Waals surface area contributed by atoms with Crippen molar-refractivity contribution in [1.29, 1.82) is 0 Å². The zero-order valence-electron chi connectivity index (χ0n) is 21.4. The van der Waals surface area contributed by atoms with Crippen molar-refractivity contribution in [2.24, 2.45) is 5.92 Å². The van der Waals surface area contributed by atoms with E-state index in [4.69, 9.17) is 4.74 Å². The van der Waals surface area contributed by atoms with Gasteiger partial charge in [-0.1, -0.05) is 48.5 Å². The highest BCUT2D eigenvalue weighted by Gasteiger charge is 2.81. The Balaban J connectivity index is 1.58. The number of amides is 2. The average Bonchev–Trinajstić information content (AvgIpc) is 3.64. The van der Waals surface area contributed by atoms with Crippen LogP contribution in [0.5, 0.6) is 5.75 Å². The number of ether oxygens (including phenoxy) is 1. The van der Waals surface area contributed by atoms with E-state index in [-0.39, 0.29) is 23.6 Å². The normalized spacial score (nSPS) is 28.8. The van der Waals surface area contributed by atoms with E-state index < -0.39 is 16.9 Å². The van der Waals surface area contributed by atoms with E-state index in [0.717, 1.165) is 29.7 Å². The fourth-order valence-corrected chi connectivity index (χ4v) is 7.87. The molecule has 4 aliphatic rings. The zero-order chi connectivity index (χ0) is 26.2. The Labute approximate surface area is 221 Å². The lowest BCUT2D eigenvalue weighted by molar-refractivity contribution is -0.137. The molecule has 0 bridgehead atoms. The maximum Gasteiger partial charge on any atom is 0.251 e. The maximum atomic E-state index is 14.8. The number of hydrogen-bond acceptors (Lipinski definition) is 5. The van der Waals surface area contributed by atoms with Gasteiger partial charge in [0.05, 0.1) is 18.1 Å². The maximum absolute atomic E-state index is 14.8. The van der Waals surface area contributed by atoms with Crippen LogP contribution in [0.15, 0.2) is 66.7 Å². The van der Waals surface area contributed by atoms with Crippen molar-refractivity contribution < 1.29 is 19.1 Å². The number of Topliss-reactive ketones (excluding diaryl/α,β-unsaturated/α-hetero) is 1. The lowest BCUT2D eigenvalue weighted by Crippen LogP contribution is -2.62. The minimum absolute atomic E-state index is 0.163. The first-order chi connectivity index (χ1) is 18.5. The highest BCUT2D eigenvalue weighted by atomic mass is 16.5. The van der Waals surface area contributed by atoms with Gasteiger partial charge in [-0.2, -0.15) is 0 Å². The van der Waals surface area contributed by atoms with Crippen LogP contribution in [0.4, 0.5) is 11.4 Å². The van der Waals surface area contributed by atoms with E-state index in [9.17, 15) is 14.4 Å². The number of hydrogen-bond donors (Lipinski definition) is 2. The second-order valence-electron chi connectivity index (χ2n) is 10.6. The molecule has 38 heavy (non-hydrogen) atoms. The number of nitrogens with one attached hydrogen (secondary N) is 2. The van der Waals surface area contributed by atoms with Crippen LogP contribution in [0.2, 0.25) is 0 Å². The van der Waals surface area contributed by atoms with Gasteiger partial charge in [-0.15, -0.1) is 0 Å². The number of rotatable bonds is 4. The summed E-state index contributed by atoms with van der Waals surface area (Å²) in [6, 6.07) is 20.3. The summed E-state index contributed by atoms with van der Waals surface area (Å²) in [7, 11) is 0. The average molecular weight is 508 g/mol. The summed E-state index contributed by atoms with van der Waals surface area (Å²) in [6.07, 6.45) is 1.57. The Hall–Kier alpha value is -3.97. The minimum Gasteiger partial charge on any atom is -0.493 e. The van der Waals surface area contributed by atoms with Crippen LogP contribution in [0.3, 0.4) is 0 Å². The summed E-state index contributed by atoms with van der Waals surface area (Å²) in [5.74, 6) is -0.991. The number of aryl methyl sites for hydroxylation is 1. The van der Waals surface area contributed by atoms with Crippen LogP contribution in [-0.4, -0.2) is 41.7 Å². The summed E-state index contributed by atoms with van der Waals surface area (Å²) < 4.78 is 5.87. The molecule has 4 atom stereocenters. The molecule has 4 heterocycles. The molecule has 2 saturated heterocycles. The molecule has 0 saturated carbocycles. The van der Waals surface area contributed by atoms with Gasteiger partial charge < -0.3 is 15.4 Å². The number of nitrogens with zero attached hydrogens (tertiary/aromatic N) is 1. The molecule has 7 heteroatoms. The van der Waals surface area contributed by atoms with Gasteiger partial charge in [-0.3, -0.25) is 19.3 Å². The number of carbonyl (C=O) groups excluding carboxylic acids is 3. The van der Waals surface area contributed by atoms with E-state index in [1.807, 2.05) is 68.4 Å². The standard InChI is InChI=1S/C31H29N3O4/c1-3-38-24-16-7-4-11-19(24)27(35)25-23-15-9-17-34(23)31(21-13-8-10-18(2)26(21)33-29(31)37)30(25)20-12-5-6-14-22(20)32-28(30)36/h4-8,10-14,16,23,25H,3,9,15,17H2,1-2H3,(H,32,36)(H,33,37). The number of para-hydroxylation sites is 3. The van der Waals surface area contributed by atoms with E-state index >= 15 is 0 Å². The van der Waals surface area contributed by atoms with Crippen LogP contribution < -0.4 is 15.4 Å². The smallest absolute Gasteiger partial charge is 0.251 e. The van der Waals surface area contributed by atoms with E-state index in [1.54, 1.807) is 12.1 Å². The summed E-state index contributed by atoms with van der Waals surface area (Å²) in [5, 5.41) is 6.23. The molecule has 4 unspecified atom stereocenters. The molecule has 2 N–H and O–H groups in total. The highest BCUT2D eigenvalue weighted by Crippen LogP contribution is 2.68. The fraction of sp³-hybridized carbons (Fsp3) is 0.323.